The molecule has 0 saturated heterocycles. The minimum Gasteiger partial charge on any atom is -0.368 e. The highest BCUT2D eigenvalue weighted by Crippen LogP contribution is 2.18. The average Bonchev–Trinajstić information content (AvgIpc) is 2.59. The molecule has 0 bridgehead atoms. The zero-order valence-corrected chi connectivity index (χ0v) is 12.7. The van der Waals surface area contributed by atoms with Crippen LogP contribution >= 0.6 is 0 Å². The van der Waals surface area contributed by atoms with Gasteiger partial charge in [-0.25, -0.2) is 9.97 Å². The summed E-state index contributed by atoms with van der Waals surface area (Å²) < 4.78 is 0. The van der Waals surface area contributed by atoms with Gasteiger partial charge in [-0.2, -0.15) is 0 Å². The number of nitrogen functional groups attached to an aromatic ring is 1. The summed E-state index contributed by atoms with van der Waals surface area (Å²) in [6.45, 7) is 1.05. The topological polar surface area (TPSA) is 89.2 Å². The number of aromatic nitrogens is 2. The molecule has 23 heavy (non-hydrogen) atoms. The largest absolute Gasteiger partial charge is 0.368 e. The molecule has 1 amide bonds. The quantitative estimate of drug-likeness (QED) is 0.867. The van der Waals surface area contributed by atoms with Gasteiger partial charge in [-0.15, -0.1) is 0 Å². The molecular formula is C17H18N4O2. The van der Waals surface area contributed by atoms with Gasteiger partial charge >= 0.3 is 0 Å². The molecule has 0 atom stereocenters. The van der Waals surface area contributed by atoms with Crippen LogP contribution in [-0.2, 0) is 17.8 Å². The maximum Gasteiger partial charge on any atom is 0.223 e. The first-order chi connectivity index (χ1) is 11.1. The molecule has 2 aromatic rings. The van der Waals surface area contributed by atoms with E-state index in [0.29, 0.717) is 25.1 Å². The van der Waals surface area contributed by atoms with E-state index in [0.717, 1.165) is 11.3 Å². The van der Waals surface area contributed by atoms with Gasteiger partial charge in [-0.05, 0) is 12.0 Å². The number of anilines is 1. The van der Waals surface area contributed by atoms with Crippen LogP contribution < -0.4 is 5.73 Å². The maximum atomic E-state index is 12.3. The van der Waals surface area contributed by atoms with Crippen molar-refractivity contribution >= 4 is 17.6 Å². The summed E-state index contributed by atoms with van der Waals surface area (Å²) in [5.41, 5.74) is 8.07. The molecule has 1 aliphatic heterocycles. The zero-order chi connectivity index (χ0) is 16.2. The summed E-state index contributed by atoms with van der Waals surface area (Å²) in [6, 6.07) is 9.04. The minimum atomic E-state index is -0.0304. The second-order valence-corrected chi connectivity index (χ2v) is 5.55. The van der Waals surface area contributed by atoms with Crippen LogP contribution in [0.15, 0.2) is 36.5 Å². The summed E-state index contributed by atoms with van der Waals surface area (Å²) in [5.74, 6) is 0.178. The monoisotopic (exact) mass is 310 g/mol. The van der Waals surface area contributed by atoms with E-state index in [1.54, 1.807) is 23.2 Å². The third kappa shape index (κ3) is 3.53. The first kappa shape index (κ1) is 15.1. The Morgan fingerprint density at radius 3 is 2.74 bits per heavy atom. The summed E-state index contributed by atoms with van der Waals surface area (Å²) >= 11 is 0. The van der Waals surface area contributed by atoms with Crippen molar-refractivity contribution < 1.29 is 9.59 Å². The fourth-order valence-electron chi connectivity index (χ4n) is 2.68. The number of amides is 1. The van der Waals surface area contributed by atoms with Crippen molar-refractivity contribution in [1.82, 2.24) is 14.9 Å². The van der Waals surface area contributed by atoms with Crippen LogP contribution in [0, 0.1) is 0 Å². The molecule has 1 aromatic heterocycles. The third-order valence-electron chi connectivity index (χ3n) is 3.98. The molecular weight excluding hydrogens is 292 g/mol. The van der Waals surface area contributed by atoms with Crippen LogP contribution in [0.5, 0.6) is 0 Å². The smallest absolute Gasteiger partial charge is 0.223 e. The average molecular weight is 310 g/mol. The van der Waals surface area contributed by atoms with E-state index < -0.39 is 0 Å². The van der Waals surface area contributed by atoms with E-state index in [1.807, 2.05) is 18.2 Å². The van der Waals surface area contributed by atoms with Crippen molar-refractivity contribution in [3.8, 4) is 0 Å². The number of carbonyl (C=O) groups excluding carboxylic acids is 2. The van der Waals surface area contributed by atoms with Crippen molar-refractivity contribution in [3.05, 3.63) is 53.3 Å². The van der Waals surface area contributed by atoms with Crippen LogP contribution in [0.1, 0.15) is 34.5 Å². The Morgan fingerprint density at radius 1 is 1.17 bits per heavy atom. The van der Waals surface area contributed by atoms with E-state index in [9.17, 15) is 9.59 Å². The van der Waals surface area contributed by atoms with E-state index in [-0.39, 0.29) is 30.5 Å². The van der Waals surface area contributed by atoms with E-state index in [2.05, 4.69) is 9.97 Å². The number of carbonyl (C=O) groups is 2. The summed E-state index contributed by atoms with van der Waals surface area (Å²) in [6.07, 6.45) is 2.87. The molecule has 2 N–H and O–H groups in total. The molecule has 1 aliphatic rings. The van der Waals surface area contributed by atoms with Crippen LogP contribution in [0.4, 0.5) is 5.95 Å². The second kappa shape index (κ2) is 6.56. The fourth-order valence-corrected chi connectivity index (χ4v) is 2.68. The Balaban J connectivity index is 1.58. The summed E-state index contributed by atoms with van der Waals surface area (Å²) in [7, 11) is 0. The Hall–Kier alpha value is -2.76. The minimum absolute atomic E-state index is 0.0112. The Bertz CT molecular complexity index is 731. The van der Waals surface area contributed by atoms with Gasteiger partial charge < -0.3 is 10.6 Å². The van der Waals surface area contributed by atoms with Crippen LogP contribution in [-0.4, -0.2) is 33.1 Å². The molecule has 3 rings (SSSR count). The van der Waals surface area contributed by atoms with Crippen LogP contribution in [0.3, 0.4) is 0 Å². The van der Waals surface area contributed by atoms with Crippen molar-refractivity contribution in [2.45, 2.75) is 25.8 Å². The fraction of sp³-hybridized carbons (Fsp3) is 0.294. The Morgan fingerprint density at radius 2 is 1.96 bits per heavy atom. The van der Waals surface area contributed by atoms with Gasteiger partial charge in [0.25, 0.3) is 0 Å². The highest BCUT2D eigenvalue weighted by molar-refractivity contribution is 5.97. The molecule has 6 heteroatoms. The molecule has 118 valence electrons. The van der Waals surface area contributed by atoms with Crippen LogP contribution in [0.2, 0.25) is 0 Å². The summed E-state index contributed by atoms with van der Waals surface area (Å²) in [5, 5.41) is 0. The molecule has 0 fully saturated rings. The summed E-state index contributed by atoms with van der Waals surface area (Å²) in [4.78, 5) is 34.3. The predicted molar refractivity (Wildman–Crippen MR) is 85.6 cm³/mol. The number of fused-ring (bicyclic) bond motifs is 1. The lowest BCUT2D eigenvalue weighted by Gasteiger charge is -2.28. The number of Topliss-reactive ketones (excluding diaryl/α,β-unsaturated/α-hetero) is 1. The number of hydrogen-bond acceptors (Lipinski definition) is 5. The standard InChI is InChI=1S/C17H18N4O2/c18-17-19-10-13-8-9-21(11-14(13)20-17)16(23)7-6-15(22)12-4-2-1-3-5-12/h1-5,10H,6-9,11H2,(H2,18,19,20). The normalized spacial score (nSPS) is 13.5. The van der Waals surface area contributed by atoms with E-state index in [4.69, 9.17) is 5.73 Å². The van der Waals surface area contributed by atoms with Gasteiger partial charge in [0, 0.05) is 31.1 Å². The van der Waals surface area contributed by atoms with E-state index >= 15 is 0 Å². The van der Waals surface area contributed by atoms with Gasteiger partial charge in [-0.3, -0.25) is 9.59 Å². The SMILES string of the molecule is Nc1ncc2c(n1)CN(C(=O)CCC(=O)c1ccccc1)CC2. The van der Waals surface area contributed by atoms with Crippen LogP contribution in [0.25, 0.3) is 0 Å². The molecule has 1 aromatic carbocycles. The Labute approximate surface area is 134 Å². The van der Waals surface area contributed by atoms with Gasteiger partial charge in [0.2, 0.25) is 11.9 Å². The number of ketones is 1. The molecule has 0 spiro atoms. The van der Waals surface area contributed by atoms with Crippen molar-refractivity contribution in [2.24, 2.45) is 0 Å². The lowest BCUT2D eigenvalue weighted by molar-refractivity contribution is -0.132. The van der Waals surface area contributed by atoms with Gasteiger partial charge in [0.1, 0.15) is 0 Å². The van der Waals surface area contributed by atoms with Gasteiger partial charge in [0.15, 0.2) is 5.78 Å². The molecule has 0 radical (unpaired) electrons. The lowest BCUT2D eigenvalue weighted by atomic mass is 10.0. The second-order valence-electron chi connectivity index (χ2n) is 5.55. The molecule has 2 heterocycles. The molecule has 6 nitrogen and oxygen atoms in total. The first-order valence-electron chi connectivity index (χ1n) is 7.60. The third-order valence-corrected chi connectivity index (χ3v) is 3.98. The zero-order valence-electron chi connectivity index (χ0n) is 12.7. The highest BCUT2D eigenvalue weighted by atomic mass is 16.2. The van der Waals surface area contributed by atoms with E-state index in [1.165, 1.54) is 0 Å². The number of benzene rings is 1. The molecule has 0 unspecified atom stereocenters. The van der Waals surface area contributed by atoms with Crippen molar-refractivity contribution in [1.29, 1.82) is 0 Å². The molecule has 0 aliphatic carbocycles. The maximum absolute atomic E-state index is 12.3. The lowest BCUT2D eigenvalue weighted by Crippen LogP contribution is -2.36. The number of hydrogen-bond donors (Lipinski definition) is 1. The number of nitrogens with two attached hydrogens (primary N) is 1. The number of nitrogens with zero attached hydrogens (tertiary/aromatic N) is 3. The molecule has 0 saturated carbocycles. The van der Waals surface area contributed by atoms with Gasteiger partial charge in [0.05, 0.1) is 12.2 Å². The highest BCUT2D eigenvalue weighted by Gasteiger charge is 2.22. The predicted octanol–water partition coefficient (Wildman–Crippen LogP) is 1.61. The van der Waals surface area contributed by atoms with Crippen molar-refractivity contribution in [3.63, 3.8) is 0 Å². The van der Waals surface area contributed by atoms with Gasteiger partial charge in [-0.1, -0.05) is 30.3 Å². The Kier molecular flexibility index (Phi) is 4.32. The van der Waals surface area contributed by atoms with Crippen molar-refractivity contribution in [2.75, 3.05) is 12.3 Å². The number of rotatable bonds is 4. The first-order valence-corrected chi connectivity index (χ1v) is 7.60.